The minimum absolute atomic E-state index is 0.157. The lowest BCUT2D eigenvalue weighted by molar-refractivity contribution is 0.102. The number of carbonyl (C=O) groups is 1. The van der Waals surface area contributed by atoms with E-state index in [0.717, 1.165) is 11.3 Å². The predicted octanol–water partition coefficient (Wildman–Crippen LogP) is 4.74. The van der Waals surface area contributed by atoms with E-state index in [2.05, 4.69) is 20.6 Å². The van der Waals surface area contributed by atoms with Gasteiger partial charge in [0.1, 0.15) is 23.1 Å². The van der Waals surface area contributed by atoms with Crippen LogP contribution in [0.2, 0.25) is 0 Å². The first kappa shape index (κ1) is 18.4. The van der Waals surface area contributed by atoms with Crippen LogP contribution in [0.5, 0.6) is 0 Å². The zero-order chi connectivity index (χ0) is 20.1. The Kier molecular flexibility index (Phi) is 5.29. The van der Waals surface area contributed by atoms with E-state index in [1.807, 2.05) is 36.4 Å². The van der Waals surface area contributed by atoms with Crippen molar-refractivity contribution in [1.82, 2.24) is 9.97 Å². The van der Waals surface area contributed by atoms with E-state index in [1.54, 1.807) is 24.5 Å². The average molecular weight is 388 g/mol. The molecule has 0 atom stereocenters. The molecule has 0 aliphatic heterocycles. The second kappa shape index (κ2) is 8.35. The molecule has 0 saturated heterocycles. The van der Waals surface area contributed by atoms with Gasteiger partial charge in [0.2, 0.25) is 0 Å². The van der Waals surface area contributed by atoms with Crippen LogP contribution in [0.1, 0.15) is 16.2 Å². The number of carbonyl (C=O) groups excluding carboxylic acids is 1. The molecule has 144 valence electrons. The Morgan fingerprint density at radius 2 is 1.83 bits per heavy atom. The smallest absolute Gasteiger partial charge is 0.274 e. The molecule has 0 aliphatic rings. The van der Waals surface area contributed by atoms with E-state index in [1.165, 1.54) is 18.2 Å². The highest BCUT2D eigenvalue weighted by molar-refractivity contribution is 6.03. The number of nitrogens with one attached hydrogen (secondary N) is 2. The number of furan rings is 1. The molecule has 0 bridgehead atoms. The molecular formula is C22H17FN4O2. The van der Waals surface area contributed by atoms with Crippen molar-refractivity contribution in [3.05, 3.63) is 96.3 Å². The van der Waals surface area contributed by atoms with Crippen molar-refractivity contribution in [3.63, 3.8) is 0 Å². The first-order valence-corrected chi connectivity index (χ1v) is 8.95. The van der Waals surface area contributed by atoms with Gasteiger partial charge in [-0.1, -0.05) is 36.4 Å². The van der Waals surface area contributed by atoms with Crippen molar-refractivity contribution in [2.75, 3.05) is 10.6 Å². The third-order valence-corrected chi connectivity index (χ3v) is 4.10. The van der Waals surface area contributed by atoms with Crippen molar-refractivity contribution < 1.29 is 13.6 Å². The highest BCUT2D eigenvalue weighted by atomic mass is 19.1. The van der Waals surface area contributed by atoms with Gasteiger partial charge in [-0.15, -0.1) is 0 Å². The van der Waals surface area contributed by atoms with Gasteiger partial charge in [0.05, 0.1) is 12.8 Å². The van der Waals surface area contributed by atoms with E-state index in [-0.39, 0.29) is 5.69 Å². The zero-order valence-electron chi connectivity index (χ0n) is 15.3. The maximum Gasteiger partial charge on any atom is 0.274 e. The first-order valence-electron chi connectivity index (χ1n) is 8.95. The largest absolute Gasteiger partial charge is 0.467 e. The number of hydrogen-bond acceptors (Lipinski definition) is 5. The summed E-state index contributed by atoms with van der Waals surface area (Å²) in [7, 11) is 0. The van der Waals surface area contributed by atoms with Gasteiger partial charge in [-0.05, 0) is 30.3 Å². The van der Waals surface area contributed by atoms with E-state index in [4.69, 9.17) is 4.42 Å². The van der Waals surface area contributed by atoms with Crippen LogP contribution in [0.4, 0.5) is 15.9 Å². The van der Waals surface area contributed by atoms with Crippen LogP contribution in [0.25, 0.3) is 11.4 Å². The molecule has 2 aromatic heterocycles. The van der Waals surface area contributed by atoms with Crippen LogP contribution < -0.4 is 10.6 Å². The molecule has 0 aliphatic carbocycles. The molecule has 6 nitrogen and oxygen atoms in total. The van der Waals surface area contributed by atoms with Crippen LogP contribution in [0.15, 0.2) is 83.5 Å². The minimum Gasteiger partial charge on any atom is -0.467 e. The molecule has 2 N–H and O–H groups in total. The molecule has 0 spiro atoms. The maximum atomic E-state index is 13.4. The summed E-state index contributed by atoms with van der Waals surface area (Å²) in [5.41, 5.74) is 1.28. The van der Waals surface area contributed by atoms with E-state index >= 15 is 0 Å². The standard InChI is InChI=1S/C22H17FN4O2/c23-16-8-4-9-17(12-16)25-22(28)19-13-20(24-14-18-10-5-11-29-18)27-21(26-19)15-6-2-1-3-7-15/h1-13H,14H2,(H,25,28)(H,24,26,27). The third kappa shape index (κ3) is 4.65. The molecule has 7 heteroatoms. The van der Waals surface area contributed by atoms with Gasteiger partial charge >= 0.3 is 0 Å². The zero-order valence-corrected chi connectivity index (χ0v) is 15.3. The van der Waals surface area contributed by atoms with Crippen LogP contribution in [-0.4, -0.2) is 15.9 Å². The monoisotopic (exact) mass is 388 g/mol. The third-order valence-electron chi connectivity index (χ3n) is 4.10. The van der Waals surface area contributed by atoms with Crippen LogP contribution in [0.3, 0.4) is 0 Å². The Bertz CT molecular complexity index is 1110. The summed E-state index contributed by atoms with van der Waals surface area (Å²) in [6.07, 6.45) is 1.59. The van der Waals surface area contributed by atoms with Gasteiger partial charge in [-0.2, -0.15) is 0 Å². The summed E-state index contributed by atoms with van der Waals surface area (Å²) in [5, 5.41) is 5.80. The fourth-order valence-electron chi connectivity index (χ4n) is 2.72. The molecule has 29 heavy (non-hydrogen) atoms. The number of halogens is 1. The summed E-state index contributed by atoms with van der Waals surface area (Å²) in [4.78, 5) is 21.6. The topological polar surface area (TPSA) is 80.0 Å². The molecule has 2 aromatic carbocycles. The Morgan fingerprint density at radius 3 is 2.59 bits per heavy atom. The summed E-state index contributed by atoms with van der Waals surface area (Å²) in [6.45, 7) is 0.406. The number of anilines is 2. The predicted molar refractivity (Wildman–Crippen MR) is 108 cm³/mol. The number of rotatable bonds is 6. The fraction of sp³-hybridized carbons (Fsp3) is 0.0455. The number of benzene rings is 2. The summed E-state index contributed by atoms with van der Waals surface area (Å²) in [5.74, 6) is 0.710. The van der Waals surface area contributed by atoms with E-state index < -0.39 is 11.7 Å². The molecule has 0 unspecified atom stereocenters. The van der Waals surface area contributed by atoms with Crippen LogP contribution in [-0.2, 0) is 6.54 Å². The second-order valence-electron chi connectivity index (χ2n) is 6.23. The van der Waals surface area contributed by atoms with E-state index in [9.17, 15) is 9.18 Å². The van der Waals surface area contributed by atoms with Gasteiger partial charge in [-0.25, -0.2) is 14.4 Å². The SMILES string of the molecule is O=C(Nc1cccc(F)c1)c1cc(NCc2ccco2)nc(-c2ccccc2)n1. The fourth-order valence-corrected chi connectivity index (χ4v) is 2.72. The highest BCUT2D eigenvalue weighted by Crippen LogP contribution is 2.19. The lowest BCUT2D eigenvalue weighted by Crippen LogP contribution is -2.16. The van der Waals surface area contributed by atoms with Gasteiger partial charge in [0.15, 0.2) is 5.82 Å². The molecule has 2 heterocycles. The van der Waals surface area contributed by atoms with Crippen molar-refractivity contribution in [2.45, 2.75) is 6.54 Å². The summed E-state index contributed by atoms with van der Waals surface area (Å²) < 4.78 is 18.7. The lowest BCUT2D eigenvalue weighted by atomic mass is 10.2. The normalized spacial score (nSPS) is 10.5. The second-order valence-corrected chi connectivity index (χ2v) is 6.23. The van der Waals surface area contributed by atoms with Crippen LogP contribution in [0, 0.1) is 5.82 Å². The average Bonchev–Trinajstić information content (AvgIpc) is 3.26. The van der Waals surface area contributed by atoms with Gasteiger partial charge in [0.25, 0.3) is 5.91 Å². The Balaban J connectivity index is 1.64. The minimum atomic E-state index is -0.462. The Hall–Kier alpha value is -4.00. The quantitative estimate of drug-likeness (QED) is 0.499. The number of aromatic nitrogens is 2. The first-order chi connectivity index (χ1) is 14.2. The van der Waals surface area contributed by atoms with Crippen molar-refractivity contribution in [3.8, 4) is 11.4 Å². The maximum absolute atomic E-state index is 13.4. The van der Waals surface area contributed by atoms with Crippen molar-refractivity contribution in [1.29, 1.82) is 0 Å². The lowest BCUT2D eigenvalue weighted by Gasteiger charge is -2.10. The Labute approximate surface area is 166 Å². The molecule has 0 radical (unpaired) electrons. The highest BCUT2D eigenvalue weighted by Gasteiger charge is 2.14. The van der Waals surface area contributed by atoms with E-state index in [0.29, 0.717) is 23.9 Å². The van der Waals surface area contributed by atoms with Crippen LogP contribution >= 0.6 is 0 Å². The number of nitrogens with zero attached hydrogens (tertiary/aromatic N) is 2. The van der Waals surface area contributed by atoms with Gasteiger partial charge in [-0.3, -0.25) is 4.79 Å². The molecule has 0 saturated carbocycles. The number of hydrogen-bond donors (Lipinski definition) is 2. The molecule has 0 fully saturated rings. The molecule has 4 rings (SSSR count). The van der Waals surface area contributed by atoms with Crippen molar-refractivity contribution in [2.24, 2.45) is 0 Å². The summed E-state index contributed by atoms with van der Waals surface area (Å²) >= 11 is 0. The summed E-state index contributed by atoms with van der Waals surface area (Å²) in [6, 6.07) is 20.2. The van der Waals surface area contributed by atoms with Crippen molar-refractivity contribution >= 4 is 17.4 Å². The molecule has 1 amide bonds. The Morgan fingerprint density at radius 1 is 0.966 bits per heavy atom. The number of amides is 1. The van der Waals surface area contributed by atoms with Gasteiger partial charge in [0, 0.05) is 17.3 Å². The molecular weight excluding hydrogens is 371 g/mol. The molecule has 4 aromatic rings. The van der Waals surface area contributed by atoms with Gasteiger partial charge < -0.3 is 15.1 Å².